The van der Waals surface area contributed by atoms with Gasteiger partial charge in [0.15, 0.2) is 0 Å². The monoisotopic (exact) mass is 204 g/mol. The molecule has 1 N–H and O–H groups in total. The van der Waals surface area contributed by atoms with E-state index in [1.165, 1.54) is 6.42 Å². The van der Waals surface area contributed by atoms with Gasteiger partial charge in [-0.15, -0.1) is 0 Å². The van der Waals surface area contributed by atoms with Crippen molar-refractivity contribution in [2.24, 2.45) is 23.7 Å². The third kappa shape index (κ3) is 1.73. The lowest BCUT2D eigenvalue weighted by Crippen LogP contribution is -2.39. The molecular formula is C12H16N2O. The molecule has 80 valence electrons. The summed E-state index contributed by atoms with van der Waals surface area (Å²) in [5.74, 6) is 2.46. The minimum Gasteiger partial charge on any atom is -0.340 e. The van der Waals surface area contributed by atoms with Crippen molar-refractivity contribution >= 4 is 5.91 Å². The number of nitrogens with one attached hydrogen (secondary N) is 1. The minimum absolute atomic E-state index is 0.139. The van der Waals surface area contributed by atoms with Crippen LogP contribution in [-0.2, 0) is 4.79 Å². The van der Waals surface area contributed by atoms with Crippen LogP contribution < -0.4 is 5.32 Å². The van der Waals surface area contributed by atoms with Crippen LogP contribution in [0.1, 0.15) is 32.1 Å². The second kappa shape index (κ2) is 3.23. The standard InChI is InChI=1S/C12H16N2O/c13-6-11(7-1-2-7)14-12(15)10-4-8-3-9(8)5-10/h7-11H,1-5H2,(H,14,15). The van der Waals surface area contributed by atoms with Crippen LogP contribution >= 0.6 is 0 Å². The Morgan fingerprint density at radius 2 is 1.93 bits per heavy atom. The van der Waals surface area contributed by atoms with Gasteiger partial charge in [0, 0.05) is 5.92 Å². The molecule has 0 spiro atoms. The Kier molecular flexibility index (Phi) is 1.98. The van der Waals surface area contributed by atoms with Gasteiger partial charge in [0.1, 0.15) is 6.04 Å². The molecule has 0 aliphatic heterocycles. The van der Waals surface area contributed by atoms with Crippen molar-refractivity contribution in [1.29, 1.82) is 5.26 Å². The predicted octanol–water partition coefficient (Wildman–Crippen LogP) is 1.45. The fourth-order valence-electron chi connectivity index (χ4n) is 2.89. The molecule has 0 bridgehead atoms. The number of fused-ring (bicyclic) bond motifs is 1. The van der Waals surface area contributed by atoms with Crippen LogP contribution in [0, 0.1) is 35.0 Å². The third-order valence-electron chi connectivity index (χ3n) is 4.14. The molecule has 3 aliphatic rings. The summed E-state index contributed by atoms with van der Waals surface area (Å²) in [6.07, 6.45) is 5.69. The zero-order valence-corrected chi connectivity index (χ0v) is 8.78. The van der Waals surface area contributed by atoms with Crippen LogP contribution in [0.2, 0.25) is 0 Å². The Morgan fingerprint density at radius 1 is 1.27 bits per heavy atom. The highest BCUT2D eigenvalue weighted by molar-refractivity contribution is 5.80. The molecule has 0 heterocycles. The number of amides is 1. The van der Waals surface area contributed by atoms with Gasteiger partial charge < -0.3 is 5.32 Å². The molecule has 0 aromatic rings. The topological polar surface area (TPSA) is 52.9 Å². The van der Waals surface area contributed by atoms with Crippen molar-refractivity contribution in [2.75, 3.05) is 0 Å². The van der Waals surface area contributed by atoms with Gasteiger partial charge in [-0.1, -0.05) is 0 Å². The number of hydrogen-bond acceptors (Lipinski definition) is 2. The highest BCUT2D eigenvalue weighted by atomic mass is 16.1. The maximum absolute atomic E-state index is 11.9. The van der Waals surface area contributed by atoms with Crippen LogP contribution in [-0.4, -0.2) is 11.9 Å². The van der Waals surface area contributed by atoms with Crippen LogP contribution in [0.25, 0.3) is 0 Å². The van der Waals surface area contributed by atoms with Crippen LogP contribution in [0.4, 0.5) is 0 Å². The predicted molar refractivity (Wildman–Crippen MR) is 54.6 cm³/mol. The first-order chi connectivity index (χ1) is 7.28. The smallest absolute Gasteiger partial charge is 0.224 e. The van der Waals surface area contributed by atoms with Gasteiger partial charge in [0.25, 0.3) is 0 Å². The van der Waals surface area contributed by atoms with Gasteiger partial charge >= 0.3 is 0 Å². The molecule has 15 heavy (non-hydrogen) atoms. The number of rotatable bonds is 3. The van der Waals surface area contributed by atoms with Gasteiger partial charge in [-0.25, -0.2) is 0 Å². The van der Waals surface area contributed by atoms with Gasteiger partial charge in [0.05, 0.1) is 6.07 Å². The molecular weight excluding hydrogens is 188 g/mol. The van der Waals surface area contributed by atoms with Crippen molar-refractivity contribution in [3.63, 3.8) is 0 Å². The van der Waals surface area contributed by atoms with E-state index in [4.69, 9.17) is 5.26 Å². The van der Waals surface area contributed by atoms with Crippen molar-refractivity contribution in [1.82, 2.24) is 5.32 Å². The minimum atomic E-state index is -0.213. The number of carbonyl (C=O) groups excluding carboxylic acids is 1. The number of hydrogen-bond donors (Lipinski definition) is 1. The molecule has 3 unspecified atom stereocenters. The Labute approximate surface area is 89.8 Å². The summed E-state index contributed by atoms with van der Waals surface area (Å²) >= 11 is 0. The maximum Gasteiger partial charge on any atom is 0.224 e. The average Bonchev–Trinajstić information content (AvgIpc) is 3.15. The number of nitrogens with zero attached hydrogens (tertiary/aromatic N) is 1. The first-order valence-corrected chi connectivity index (χ1v) is 5.98. The van der Waals surface area contributed by atoms with Crippen LogP contribution in [0.5, 0.6) is 0 Å². The Morgan fingerprint density at radius 3 is 2.47 bits per heavy atom. The fourth-order valence-corrected chi connectivity index (χ4v) is 2.89. The summed E-state index contributed by atoms with van der Waals surface area (Å²) < 4.78 is 0. The van der Waals surface area contributed by atoms with Crippen molar-refractivity contribution in [3.8, 4) is 6.07 Å². The molecule has 3 atom stereocenters. The lowest BCUT2D eigenvalue weighted by Gasteiger charge is -2.15. The first-order valence-electron chi connectivity index (χ1n) is 5.98. The summed E-state index contributed by atoms with van der Waals surface area (Å²) in [6, 6.07) is 2.00. The Balaban J connectivity index is 1.53. The number of nitriles is 1. The van der Waals surface area contributed by atoms with Gasteiger partial charge in [-0.3, -0.25) is 4.79 Å². The maximum atomic E-state index is 11.9. The zero-order valence-electron chi connectivity index (χ0n) is 8.78. The quantitative estimate of drug-likeness (QED) is 0.756. The first kappa shape index (κ1) is 9.21. The van der Waals surface area contributed by atoms with Crippen molar-refractivity contribution in [3.05, 3.63) is 0 Å². The summed E-state index contributed by atoms with van der Waals surface area (Å²) in [6.45, 7) is 0. The molecule has 0 radical (unpaired) electrons. The van der Waals surface area contributed by atoms with Crippen LogP contribution in [0.15, 0.2) is 0 Å². The van der Waals surface area contributed by atoms with Crippen molar-refractivity contribution < 1.29 is 4.79 Å². The Hall–Kier alpha value is -1.04. The van der Waals surface area contributed by atoms with E-state index in [1.54, 1.807) is 0 Å². The molecule has 1 amide bonds. The molecule has 3 aliphatic carbocycles. The van der Waals surface area contributed by atoms with E-state index >= 15 is 0 Å². The molecule has 3 heteroatoms. The molecule has 3 saturated carbocycles. The summed E-state index contributed by atoms with van der Waals surface area (Å²) in [4.78, 5) is 11.9. The lowest BCUT2D eigenvalue weighted by molar-refractivity contribution is -0.125. The van der Waals surface area contributed by atoms with E-state index < -0.39 is 0 Å². The fraction of sp³-hybridized carbons (Fsp3) is 0.833. The SMILES string of the molecule is N#CC(NC(=O)C1CC2CC2C1)C1CC1. The zero-order chi connectivity index (χ0) is 10.4. The second-order valence-corrected chi connectivity index (χ2v) is 5.38. The van der Waals surface area contributed by atoms with E-state index in [0.29, 0.717) is 5.92 Å². The molecule has 3 nitrogen and oxygen atoms in total. The van der Waals surface area contributed by atoms with Gasteiger partial charge in [0.2, 0.25) is 5.91 Å². The highest BCUT2D eigenvalue weighted by Gasteiger charge is 2.48. The normalized spacial score (nSPS) is 39.0. The molecule has 0 aromatic heterocycles. The average molecular weight is 204 g/mol. The van der Waals surface area contributed by atoms with Gasteiger partial charge in [-0.2, -0.15) is 5.26 Å². The van der Waals surface area contributed by atoms with E-state index in [9.17, 15) is 4.79 Å². The Bertz CT molecular complexity index is 319. The number of carbonyl (C=O) groups is 1. The van der Waals surface area contributed by atoms with E-state index in [2.05, 4.69) is 11.4 Å². The summed E-state index contributed by atoms with van der Waals surface area (Å²) in [5, 5.41) is 11.8. The summed E-state index contributed by atoms with van der Waals surface area (Å²) in [7, 11) is 0. The van der Waals surface area contributed by atoms with Crippen LogP contribution in [0.3, 0.4) is 0 Å². The third-order valence-corrected chi connectivity index (χ3v) is 4.14. The second-order valence-electron chi connectivity index (χ2n) is 5.38. The molecule has 3 fully saturated rings. The van der Waals surface area contributed by atoms with Gasteiger partial charge in [-0.05, 0) is 49.9 Å². The summed E-state index contributed by atoms with van der Waals surface area (Å²) in [5.41, 5.74) is 0. The molecule has 0 saturated heterocycles. The van der Waals surface area contributed by atoms with E-state index in [0.717, 1.165) is 37.5 Å². The largest absolute Gasteiger partial charge is 0.340 e. The highest BCUT2D eigenvalue weighted by Crippen LogP contribution is 2.54. The molecule has 0 aromatic carbocycles. The van der Waals surface area contributed by atoms with E-state index in [-0.39, 0.29) is 17.9 Å². The van der Waals surface area contributed by atoms with Crippen molar-refractivity contribution in [2.45, 2.75) is 38.1 Å². The molecule has 3 rings (SSSR count). The van der Waals surface area contributed by atoms with E-state index in [1.807, 2.05) is 0 Å². The lowest BCUT2D eigenvalue weighted by atomic mass is 10.0.